The van der Waals surface area contributed by atoms with E-state index in [4.69, 9.17) is 16.6 Å². The number of hydrogen-bond acceptors (Lipinski definition) is 5. The molecule has 7 heteroatoms. The molecule has 0 aliphatic heterocycles. The van der Waals surface area contributed by atoms with E-state index in [-0.39, 0.29) is 0 Å². The Morgan fingerprint density at radius 3 is 2.46 bits per heavy atom. The third-order valence-corrected chi connectivity index (χ3v) is 4.46. The van der Waals surface area contributed by atoms with Crippen LogP contribution >= 0.6 is 11.6 Å². The van der Waals surface area contributed by atoms with Crippen molar-refractivity contribution >= 4 is 40.1 Å². The summed E-state index contributed by atoms with van der Waals surface area (Å²) < 4.78 is 1.82. The first-order valence-corrected chi connectivity index (χ1v) is 9.55. The summed E-state index contributed by atoms with van der Waals surface area (Å²) in [5.41, 5.74) is 2.58. The highest BCUT2D eigenvalue weighted by Crippen LogP contribution is 2.27. The topological polar surface area (TPSA) is 67.7 Å². The molecule has 6 nitrogen and oxygen atoms in total. The fourth-order valence-electron chi connectivity index (χ4n) is 2.81. The summed E-state index contributed by atoms with van der Waals surface area (Å²) in [4.78, 5) is 9.39. The lowest BCUT2D eigenvalue weighted by Crippen LogP contribution is -2.12. The summed E-state index contributed by atoms with van der Waals surface area (Å²) in [6.07, 6.45) is 1.78. The number of para-hydroxylation sites is 1. The normalized spacial score (nSPS) is 11.1. The Morgan fingerprint density at radius 1 is 1.00 bits per heavy atom. The van der Waals surface area contributed by atoms with E-state index in [1.54, 1.807) is 6.20 Å². The smallest absolute Gasteiger partial charge is 0.226 e. The summed E-state index contributed by atoms with van der Waals surface area (Å²) in [5.74, 6) is 1.74. The number of aromatic nitrogens is 4. The van der Waals surface area contributed by atoms with Crippen LogP contribution in [-0.2, 0) is 0 Å². The second kappa shape index (κ2) is 7.86. The van der Waals surface area contributed by atoms with Crippen molar-refractivity contribution in [3.8, 4) is 5.69 Å². The molecule has 28 heavy (non-hydrogen) atoms. The van der Waals surface area contributed by atoms with Gasteiger partial charge >= 0.3 is 0 Å². The number of benzene rings is 2. The molecule has 0 aliphatic rings. The van der Waals surface area contributed by atoms with Crippen molar-refractivity contribution in [3.05, 3.63) is 65.8 Å². The molecule has 0 radical (unpaired) electrons. The molecule has 0 aliphatic carbocycles. The van der Waals surface area contributed by atoms with Crippen LogP contribution in [0.2, 0.25) is 5.02 Å². The Kier molecular flexibility index (Phi) is 5.12. The van der Waals surface area contributed by atoms with Crippen LogP contribution in [0.25, 0.3) is 16.7 Å². The maximum atomic E-state index is 6.00. The molecular weight excluding hydrogens is 372 g/mol. The maximum Gasteiger partial charge on any atom is 0.226 e. The van der Waals surface area contributed by atoms with Crippen LogP contribution in [0.1, 0.15) is 13.8 Å². The summed E-state index contributed by atoms with van der Waals surface area (Å²) in [6.45, 7) is 5.07. The van der Waals surface area contributed by atoms with Gasteiger partial charge in [-0.05, 0) is 42.3 Å². The number of rotatable bonds is 6. The molecule has 0 atom stereocenters. The van der Waals surface area contributed by atoms with Crippen LogP contribution in [0.5, 0.6) is 0 Å². The van der Waals surface area contributed by atoms with Crippen molar-refractivity contribution in [1.29, 1.82) is 0 Å². The number of fused-ring (bicyclic) bond motifs is 1. The van der Waals surface area contributed by atoms with Gasteiger partial charge in [-0.2, -0.15) is 15.1 Å². The van der Waals surface area contributed by atoms with Gasteiger partial charge in [-0.15, -0.1) is 0 Å². The molecule has 0 unspecified atom stereocenters. The first kappa shape index (κ1) is 18.3. The quantitative estimate of drug-likeness (QED) is 0.467. The average molecular weight is 393 g/mol. The molecule has 2 heterocycles. The zero-order valence-corrected chi connectivity index (χ0v) is 16.5. The van der Waals surface area contributed by atoms with Crippen LogP contribution in [0.15, 0.2) is 60.8 Å². The molecule has 4 aromatic rings. The molecule has 0 bridgehead atoms. The third-order valence-electron chi connectivity index (χ3n) is 4.20. The van der Waals surface area contributed by atoms with Crippen molar-refractivity contribution in [3.63, 3.8) is 0 Å². The minimum Gasteiger partial charge on any atom is -0.354 e. The summed E-state index contributed by atoms with van der Waals surface area (Å²) >= 11 is 6.00. The van der Waals surface area contributed by atoms with Gasteiger partial charge in [-0.3, -0.25) is 0 Å². The zero-order chi connectivity index (χ0) is 19.5. The molecule has 142 valence electrons. The Morgan fingerprint density at radius 2 is 1.75 bits per heavy atom. The first-order chi connectivity index (χ1) is 13.6. The molecule has 4 rings (SSSR count). The average Bonchev–Trinajstić information content (AvgIpc) is 3.13. The van der Waals surface area contributed by atoms with Gasteiger partial charge in [-0.25, -0.2) is 4.68 Å². The van der Waals surface area contributed by atoms with Gasteiger partial charge in [0.2, 0.25) is 5.95 Å². The van der Waals surface area contributed by atoms with Gasteiger partial charge < -0.3 is 10.6 Å². The first-order valence-electron chi connectivity index (χ1n) is 9.18. The van der Waals surface area contributed by atoms with Crippen LogP contribution in [0.3, 0.4) is 0 Å². The second-order valence-electron chi connectivity index (χ2n) is 6.93. The molecule has 0 amide bonds. The number of anilines is 3. The number of nitrogens with zero attached hydrogens (tertiary/aromatic N) is 4. The van der Waals surface area contributed by atoms with Crippen LogP contribution in [0.4, 0.5) is 17.5 Å². The van der Waals surface area contributed by atoms with Gasteiger partial charge in [0, 0.05) is 17.3 Å². The predicted octanol–water partition coefficient (Wildman–Crippen LogP) is 5.28. The van der Waals surface area contributed by atoms with E-state index in [0.717, 1.165) is 29.0 Å². The predicted molar refractivity (Wildman–Crippen MR) is 115 cm³/mol. The van der Waals surface area contributed by atoms with E-state index in [1.807, 2.05) is 59.3 Å². The van der Waals surface area contributed by atoms with E-state index in [9.17, 15) is 0 Å². The number of nitrogens with one attached hydrogen (secondary N) is 2. The van der Waals surface area contributed by atoms with Crippen molar-refractivity contribution in [2.75, 3.05) is 17.2 Å². The van der Waals surface area contributed by atoms with E-state index in [1.165, 1.54) is 0 Å². The Hall–Kier alpha value is -3.12. The lowest BCUT2D eigenvalue weighted by molar-refractivity contribution is 0.685. The Balaban J connectivity index is 1.80. The maximum absolute atomic E-state index is 6.00. The van der Waals surface area contributed by atoms with Gasteiger partial charge in [0.1, 0.15) is 5.82 Å². The minimum atomic E-state index is 0.478. The molecule has 2 aromatic heterocycles. The second-order valence-corrected chi connectivity index (χ2v) is 7.37. The van der Waals surface area contributed by atoms with E-state index < -0.39 is 0 Å². The lowest BCUT2D eigenvalue weighted by atomic mass is 10.2. The third kappa shape index (κ3) is 3.92. The SMILES string of the molecule is CC(C)CNc1nc(Nc2ccc(Cl)cc2)c2cnn(-c3ccccc3)c2n1. The van der Waals surface area contributed by atoms with Gasteiger partial charge in [0.25, 0.3) is 0 Å². The van der Waals surface area contributed by atoms with Gasteiger partial charge in [0.15, 0.2) is 5.65 Å². The molecule has 0 saturated heterocycles. The minimum absolute atomic E-state index is 0.478. The molecule has 2 N–H and O–H groups in total. The summed E-state index contributed by atoms with van der Waals surface area (Å²) in [6, 6.07) is 17.5. The van der Waals surface area contributed by atoms with Gasteiger partial charge in [0.05, 0.1) is 17.3 Å². The molecular formula is C21H21ClN6. The van der Waals surface area contributed by atoms with Gasteiger partial charge in [-0.1, -0.05) is 43.6 Å². The number of hydrogen-bond donors (Lipinski definition) is 2. The van der Waals surface area contributed by atoms with E-state index in [0.29, 0.717) is 22.7 Å². The van der Waals surface area contributed by atoms with Crippen molar-refractivity contribution in [2.24, 2.45) is 5.92 Å². The van der Waals surface area contributed by atoms with Crippen LogP contribution in [0, 0.1) is 5.92 Å². The fourth-order valence-corrected chi connectivity index (χ4v) is 2.93. The summed E-state index contributed by atoms with van der Waals surface area (Å²) in [5, 5.41) is 12.8. The summed E-state index contributed by atoms with van der Waals surface area (Å²) in [7, 11) is 0. The van der Waals surface area contributed by atoms with Crippen molar-refractivity contribution in [1.82, 2.24) is 19.7 Å². The van der Waals surface area contributed by atoms with E-state index in [2.05, 4.69) is 34.6 Å². The highest BCUT2D eigenvalue weighted by atomic mass is 35.5. The standard InChI is InChI=1S/C21H21ClN6/c1-14(2)12-23-21-26-19(25-16-10-8-15(22)9-11-16)18-13-24-28(20(18)27-21)17-6-4-3-5-7-17/h3-11,13-14H,12H2,1-2H3,(H2,23,25,26,27). The van der Waals surface area contributed by atoms with E-state index >= 15 is 0 Å². The highest BCUT2D eigenvalue weighted by Gasteiger charge is 2.14. The fraction of sp³-hybridized carbons (Fsp3) is 0.190. The van der Waals surface area contributed by atoms with Crippen molar-refractivity contribution in [2.45, 2.75) is 13.8 Å². The highest BCUT2D eigenvalue weighted by molar-refractivity contribution is 6.30. The number of halogens is 1. The molecule has 0 spiro atoms. The monoisotopic (exact) mass is 392 g/mol. The largest absolute Gasteiger partial charge is 0.354 e. The Bertz CT molecular complexity index is 1070. The lowest BCUT2D eigenvalue weighted by Gasteiger charge is -2.12. The molecule has 0 fully saturated rings. The van der Waals surface area contributed by atoms with Crippen molar-refractivity contribution < 1.29 is 0 Å². The van der Waals surface area contributed by atoms with Crippen LogP contribution in [-0.4, -0.2) is 26.3 Å². The molecule has 0 saturated carbocycles. The molecule has 2 aromatic carbocycles. The Labute approximate surface area is 168 Å². The van der Waals surface area contributed by atoms with Crippen LogP contribution < -0.4 is 10.6 Å². The zero-order valence-electron chi connectivity index (χ0n) is 15.7.